The molecule has 0 aliphatic carbocycles. The summed E-state index contributed by atoms with van der Waals surface area (Å²) in [7, 11) is 1.74. The van der Waals surface area contributed by atoms with E-state index in [9.17, 15) is 5.11 Å². The summed E-state index contributed by atoms with van der Waals surface area (Å²) in [5.74, 6) is 0.319. The van der Waals surface area contributed by atoms with Crippen molar-refractivity contribution in [3.05, 3.63) is 29.8 Å². The number of hydrogen-bond acceptors (Lipinski definition) is 3. The molecule has 0 heterocycles. The van der Waals surface area contributed by atoms with Crippen molar-refractivity contribution < 1.29 is 9.84 Å². The minimum absolute atomic E-state index is 0.223. The van der Waals surface area contributed by atoms with Crippen molar-refractivity contribution in [2.75, 3.05) is 20.3 Å². The van der Waals surface area contributed by atoms with Crippen molar-refractivity contribution in [2.24, 2.45) is 5.41 Å². The minimum Gasteiger partial charge on any atom is -0.508 e. The van der Waals surface area contributed by atoms with Crippen molar-refractivity contribution in [2.45, 2.75) is 39.7 Å². The zero-order valence-corrected chi connectivity index (χ0v) is 12.6. The molecule has 0 bridgehead atoms. The van der Waals surface area contributed by atoms with Crippen LogP contribution in [0.2, 0.25) is 0 Å². The predicted molar refractivity (Wildman–Crippen MR) is 79.4 cm³/mol. The van der Waals surface area contributed by atoms with Gasteiger partial charge in [-0.3, -0.25) is 0 Å². The lowest BCUT2D eigenvalue weighted by atomic mass is 9.89. The van der Waals surface area contributed by atoms with Gasteiger partial charge in [-0.2, -0.15) is 0 Å². The van der Waals surface area contributed by atoms with Gasteiger partial charge >= 0.3 is 0 Å². The summed E-state index contributed by atoms with van der Waals surface area (Å²) < 4.78 is 5.15. The third-order valence-corrected chi connectivity index (χ3v) is 3.51. The molecule has 19 heavy (non-hydrogen) atoms. The fourth-order valence-electron chi connectivity index (χ4n) is 2.07. The minimum atomic E-state index is 0.223. The van der Waals surface area contributed by atoms with Gasteiger partial charge in [-0.25, -0.2) is 0 Å². The molecular weight excluding hydrogens is 238 g/mol. The lowest BCUT2D eigenvalue weighted by Crippen LogP contribution is -2.33. The molecule has 0 spiro atoms. The molecule has 0 amide bonds. The Morgan fingerprint density at radius 3 is 2.42 bits per heavy atom. The number of rotatable bonds is 8. The number of benzene rings is 1. The van der Waals surface area contributed by atoms with Crippen LogP contribution in [0.25, 0.3) is 0 Å². The second kappa shape index (κ2) is 7.51. The van der Waals surface area contributed by atoms with Crippen molar-refractivity contribution in [3.63, 3.8) is 0 Å². The molecule has 0 fully saturated rings. The number of methoxy groups -OCH3 is 1. The highest BCUT2D eigenvalue weighted by atomic mass is 16.5. The van der Waals surface area contributed by atoms with Crippen LogP contribution in [0.15, 0.2) is 24.3 Å². The average molecular weight is 265 g/mol. The topological polar surface area (TPSA) is 41.5 Å². The van der Waals surface area contributed by atoms with Gasteiger partial charge in [0.1, 0.15) is 5.75 Å². The van der Waals surface area contributed by atoms with Crippen molar-refractivity contribution in [1.82, 2.24) is 5.32 Å². The molecule has 0 aliphatic rings. The predicted octanol–water partition coefficient (Wildman–Crippen LogP) is 3.50. The first kappa shape index (κ1) is 16.0. The summed E-state index contributed by atoms with van der Waals surface area (Å²) in [5, 5.41) is 13.0. The Bertz CT molecular complexity index is 360. The summed E-state index contributed by atoms with van der Waals surface area (Å²) in [6.45, 7) is 8.43. The largest absolute Gasteiger partial charge is 0.508 e. The number of phenols is 1. The van der Waals surface area contributed by atoms with Gasteiger partial charge in [0.25, 0.3) is 0 Å². The first-order valence-corrected chi connectivity index (χ1v) is 7.00. The van der Waals surface area contributed by atoms with Crippen LogP contribution in [0.4, 0.5) is 0 Å². The van der Waals surface area contributed by atoms with Crippen molar-refractivity contribution >= 4 is 0 Å². The van der Waals surface area contributed by atoms with Crippen molar-refractivity contribution in [3.8, 4) is 5.75 Å². The molecule has 108 valence electrons. The average Bonchev–Trinajstić information content (AvgIpc) is 2.39. The Kier molecular flexibility index (Phi) is 6.32. The van der Waals surface area contributed by atoms with Crippen LogP contribution >= 0.6 is 0 Å². The molecule has 0 saturated heterocycles. The highest BCUT2D eigenvalue weighted by molar-refractivity contribution is 5.27. The zero-order chi connectivity index (χ0) is 14.3. The van der Waals surface area contributed by atoms with E-state index < -0.39 is 0 Å². The Morgan fingerprint density at radius 1 is 1.26 bits per heavy atom. The van der Waals surface area contributed by atoms with Crippen LogP contribution in [-0.2, 0) is 4.74 Å². The number of nitrogens with one attached hydrogen (secondary N) is 1. The van der Waals surface area contributed by atoms with E-state index in [0.717, 1.165) is 26.0 Å². The molecule has 0 aliphatic heterocycles. The van der Waals surface area contributed by atoms with Gasteiger partial charge in [-0.15, -0.1) is 0 Å². The second-order valence-electron chi connectivity index (χ2n) is 5.84. The number of aromatic hydroxyl groups is 1. The van der Waals surface area contributed by atoms with E-state index in [-0.39, 0.29) is 5.41 Å². The first-order valence-electron chi connectivity index (χ1n) is 7.00. The van der Waals surface area contributed by atoms with E-state index in [1.807, 2.05) is 12.1 Å². The van der Waals surface area contributed by atoms with Gasteiger partial charge in [0.15, 0.2) is 0 Å². The molecule has 1 atom stereocenters. The fraction of sp³-hybridized carbons (Fsp3) is 0.625. The van der Waals surface area contributed by atoms with Gasteiger partial charge < -0.3 is 15.2 Å². The Labute approximate surface area is 117 Å². The van der Waals surface area contributed by atoms with E-state index in [1.54, 1.807) is 19.2 Å². The molecule has 0 radical (unpaired) electrons. The molecule has 0 saturated carbocycles. The van der Waals surface area contributed by atoms with Crippen LogP contribution in [0.1, 0.15) is 45.2 Å². The lowest BCUT2D eigenvalue weighted by molar-refractivity contribution is 0.148. The summed E-state index contributed by atoms with van der Waals surface area (Å²) >= 11 is 0. The SMILES string of the molecule is CCC(NCC(C)(C)CCOC)c1ccc(O)cc1. The van der Waals surface area contributed by atoms with Gasteiger partial charge in [0.05, 0.1) is 0 Å². The summed E-state index contributed by atoms with van der Waals surface area (Å²) in [6.07, 6.45) is 2.08. The van der Waals surface area contributed by atoms with E-state index in [2.05, 4.69) is 26.1 Å². The normalized spacial score (nSPS) is 13.5. The van der Waals surface area contributed by atoms with Crippen LogP contribution in [0, 0.1) is 5.41 Å². The Balaban J connectivity index is 2.55. The molecule has 0 aromatic heterocycles. The fourth-order valence-corrected chi connectivity index (χ4v) is 2.07. The molecule has 1 unspecified atom stereocenters. The maximum Gasteiger partial charge on any atom is 0.115 e. The maximum absolute atomic E-state index is 9.33. The maximum atomic E-state index is 9.33. The summed E-state index contributed by atoms with van der Waals surface area (Å²) in [4.78, 5) is 0. The molecule has 3 nitrogen and oxygen atoms in total. The lowest BCUT2D eigenvalue weighted by Gasteiger charge is -2.28. The third-order valence-electron chi connectivity index (χ3n) is 3.51. The molecule has 2 N–H and O–H groups in total. The summed E-state index contributed by atoms with van der Waals surface area (Å²) in [6, 6.07) is 7.80. The number of ether oxygens (including phenoxy) is 1. The second-order valence-corrected chi connectivity index (χ2v) is 5.84. The van der Waals surface area contributed by atoms with Gasteiger partial charge in [-0.1, -0.05) is 32.9 Å². The molecule has 1 aromatic carbocycles. The molecule has 1 rings (SSSR count). The number of hydrogen-bond donors (Lipinski definition) is 2. The van der Waals surface area contributed by atoms with E-state index in [1.165, 1.54) is 5.56 Å². The van der Waals surface area contributed by atoms with E-state index in [0.29, 0.717) is 11.8 Å². The molecular formula is C16H27NO2. The monoisotopic (exact) mass is 265 g/mol. The highest BCUT2D eigenvalue weighted by Gasteiger charge is 2.19. The van der Waals surface area contributed by atoms with Gasteiger partial charge in [0.2, 0.25) is 0 Å². The molecule has 3 heteroatoms. The zero-order valence-electron chi connectivity index (χ0n) is 12.6. The highest BCUT2D eigenvalue weighted by Crippen LogP contribution is 2.23. The van der Waals surface area contributed by atoms with Crippen molar-refractivity contribution in [1.29, 1.82) is 0 Å². The Morgan fingerprint density at radius 2 is 1.89 bits per heavy atom. The smallest absolute Gasteiger partial charge is 0.115 e. The first-order chi connectivity index (χ1) is 8.98. The number of phenolic OH excluding ortho intramolecular Hbond substituents is 1. The van der Waals surface area contributed by atoms with Crippen LogP contribution in [0.5, 0.6) is 5.75 Å². The summed E-state index contributed by atoms with van der Waals surface area (Å²) in [5.41, 5.74) is 1.45. The molecule has 1 aromatic rings. The van der Waals surface area contributed by atoms with Gasteiger partial charge in [0, 0.05) is 26.3 Å². The van der Waals surface area contributed by atoms with Crippen LogP contribution < -0.4 is 5.32 Å². The standard InChI is InChI=1S/C16H27NO2/c1-5-15(13-6-8-14(18)9-7-13)17-12-16(2,3)10-11-19-4/h6-9,15,17-18H,5,10-12H2,1-4H3. The third kappa shape index (κ3) is 5.62. The Hall–Kier alpha value is -1.06. The van der Waals surface area contributed by atoms with E-state index >= 15 is 0 Å². The quantitative estimate of drug-likeness (QED) is 0.756. The van der Waals surface area contributed by atoms with Crippen LogP contribution in [-0.4, -0.2) is 25.4 Å². The van der Waals surface area contributed by atoms with Crippen LogP contribution in [0.3, 0.4) is 0 Å². The van der Waals surface area contributed by atoms with Gasteiger partial charge in [-0.05, 0) is 36.0 Å². The van der Waals surface area contributed by atoms with E-state index in [4.69, 9.17) is 4.74 Å².